The van der Waals surface area contributed by atoms with Gasteiger partial charge in [0.15, 0.2) is 5.13 Å². The predicted octanol–water partition coefficient (Wildman–Crippen LogP) is 3.87. The van der Waals surface area contributed by atoms with Gasteiger partial charge in [0.2, 0.25) is 0 Å². The van der Waals surface area contributed by atoms with E-state index in [1.807, 2.05) is 25.1 Å². The first-order chi connectivity index (χ1) is 14.1. The average Bonchev–Trinajstić information content (AvgIpc) is 3.17. The second-order valence-corrected chi connectivity index (χ2v) is 7.83. The number of ether oxygens (including phenoxy) is 1. The van der Waals surface area contributed by atoms with Crippen molar-refractivity contribution < 1.29 is 13.9 Å². The van der Waals surface area contributed by atoms with Gasteiger partial charge in [-0.2, -0.15) is 0 Å². The Kier molecular flexibility index (Phi) is 5.80. The highest BCUT2D eigenvalue weighted by atomic mass is 32.1. The van der Waals surface area contributed by atoms with E-state index in [-0.39, 0.29) is 11.8 Å². The Morgan fingerprint density at radius 2 is 1.93 bits per heavy atom. The Morgan fingerprint density at radius 1 is 1.17 bits per heavy atom. The van der Waals surface area contributed by atoms with Gasteiger partial charge in [-0.1, -0.05) is 23.5 Å². The number of urea groups is 1. The van der Waals surface area contributed by atoms with Crippen LogP contribution < -0.4 is 15.0 Å². The molecule has 0 bridgehead atoms. The molecule has 3 aromatic rings. The van der Waals surface area contributed by atoms with E-state index in [1.165, 1.54) is 12.1 Å². The number of fused-ring (bicyclic) bond motifs is 1. The lowest BCUT2D eigenvalue weighted by molar-refractivity contribution is 0.194. The van der Waals surface area contributed by atoms with Crippen LogP contribution in [0.2, 0.25) is 0 Å². The van der Waals surface area contributed by atoms with Crippen molar-refractivity contribution in [2.45, 2.75) is 13.5 Å². The van der Waals surface area contributed by atoms with E-state index in [2.05, 4.69) is 10.2 Å². The van der Waals surface area contributed by atoms with Gasteiger partial charge < -0.3 is 19.9 Å². The lowest BCUT2D eigenvalue weighted by atomic mass is 10.2. The topological polar surface area (TPSA) is 57.7 Å². The molecule has 1 aliphatic heterocycles. The number of amides is 2. The van der Waals surface area contributed by atoms with Crippen LogP contribution in [-0.4, -0.2) is 48.7 Å². The van der Waals surface area contributed by atoms with Crippen molar-refractivity contribution in [3.63, 3.8) is 0 Å². The zero-order valence-corrected chi connectivity index (χ0v) is 17.0. The Hall–Kier alpha value is -2.87. The number of carbonyl (C=O) groups excluding carboxylic acids is 1. The van der Waals surface area contributed by atoms with E-state index in [0.717, 1.165) is 39.8 Å². The largest absolute Gasteiger partial charge is 0.494 e. The lowest BCUT2D eigenvalue weighted by Gasteiger charge is -2.34. The normalized spacial score (nSPS) is 14.3. The molecule has 2 aromatic carbocycles. The van der Waals surface area contributed by atoms with E-state index < -0.39 is 0 Å². The molecule has 0 atom stereocenters. The number of hydrogen-bond donors (Lipinski definition) is 1. The van der Waals surface area contributed by atoms with Gasteiger partial charge in [0.05, 0.1) is 16.8 Å². The summed E-state index contributed by atoms with van der Waals surface area (Å²) < 4.78 is 19.6. The molecule has 1 N–H and O–H groups in total. The minimum atomic E-state index is -0.278. The van der Waals surface area contributed by atoms with Gasteiger partial charge in [0, 0.05) is 32.7 Å². The standard InChI is InChI=1S/C21H23FN4O2S/c1-2-28-17-7-8-18-19(13-17)29-21(24-18)26-11-9-25(10-12-26)20(27)23-14-15-3-5-16(22)6-4-15/h3-8,13H,2,9-12,14H2,1H3,(H,23,27). The van der Waals surface area contributed by atoms with Crippen molar-refractivity contribution in [3.8, 4) is 5.75 Å². The van der Waals surface area contributed by atoms with Gasteiger partial charge >= 0.3 is 6.03 Å². The minimum absolute atomic E-state index is 0.0976. The first kappa shape index (κ1) is 19.4. The molecule has 0 aliphatic carbocycles. The maximum atomic E-state index is 13.0. The highest BCUT2D eigenvalue weighted by Crippen LogP contribution is 2.32. The van der Waals surface area contributed by atoms with Crippen LogP contribution in [0.25, 0.3) is 10.2 Å². The summed E-state index contributed by atoms with van der Waals surface area (Å²) in [4.78, 5) is 21.2. The molecular formula is C21H23FN4O2S. The molecule has 8 heteroatoms. The van der Waals surface area contributed by atoms with Crippen LogP contribution in [0.5, 0.6) is 5.75 Å². The average molecular weight is 415 g/mol. The number of thiazole rings is 1. The number of anilines is 1. The predicted molar refractivity (Wildman–Crippen MR) is 113 cm³/mol. The molecule has 152 valence electrons. The summed E-state index contributed by atoms with van der Waals surface area (Å²) in [7, 11) is 0. The summed E-state index contributed by atoms with van der Waals surface area (Å²) in [5.74, 6) is 0.581. The molecule has 2 amide bonds. The van der Waals surface area contributed by atoms with E-state index in [4.69, 9.17) is 9.72 Å². The van der Waals surface area contributed by atoms with Gasteiger partial charge in [0.1, 0.15) is 11.6 Å². The number of carbonyl (C=O) groups is 1. The number of nitrogens with one attached hydrogen (secondary N) is 1. The minimum Gasteiger partial charge on any atom is -0.494 e. The van der Waals surface area contributed by atoms with Crippen LogP contribution in [-0.2, 0) is 6.54 Å². The summed E-state index contributed by atoms with van der Waals surface area (Å²) in [6, 6.07) is 12.0. The quantitative estimate of drug-likeness (QED) is 0.689. The van der Waals surface area contributed by atoms with Crippen LogP contribution in [0, 0.1) is 5.82 Å². The number of halogens is 1. The number of nitrogens with zero attached hydrogens (tertiary/aromatic N) is 3. The third-order valence-corrected chi connectivity index (χ3v) is 5.93. The number of rotatable bonds is 5. The van der Waals surface area contributed by atoms with Gasteiger partial charge in [-0.3, -0.25) is 0 Å². The summed E-state index contributed by atoms with van der Waals surface area (Å²) in [5.41, 5.74) is 1.84. The van der Waals surface area contributed by atoms with Crippen LogP contribution in [0.3, 0.4) is 0 Å². The van der Waals surface area contributed by atoms with E-state index in [0.29, 0.717) is 26.2 Å². The molecule has 29 heavy (non-hydrogen) atoms. The summed E-state index contributed by atoms with van der Waals surface area (Å²) in [6.45, 7) is 5.74. The number of hydrogen-bond acceptors (Lipinski definition) is 5. The van der Waals surface area contributed by atoms with Crippen molar-refractivity contribution in [1.82, 2.24) is 15.2 Å². The zero-order chi connectivity index (χ0) is 20.2. The molecular weight excluding hydrogens is 391 g/mol. The van der Waals surface area contributed by atoms with Gasteiger partial charge in [0.25, 0.3) is 0 Å². The Bertz CT molecular complexity index is 984. The smallest absolute Gasteiger partial charge is 0.317 e. The molecule has 2 heterocycles. The number of piperazine rings is 1. The van der Waals surface area contributed by atoms with Crippen LogP contribution in [0.1, 0.15) is 12.5 Å². The molecule has 1 saturated heterocycles. The molecule has 1 fully saturated rings. The maximum absolute atomic E-state index is 13.0. The second-order valence-electron chi connectivity index (χ2n) is 6.82. The highest BCUT2D eigenvalue weighted by molar-refractivity contribution is 7.22. The fraction of sp³-hybridized carbons (Fsp3) is 0.333. The summed E-state index contributed by atoms with van der Waals surface area (Å²) >= 11 is 1.65. The van der Waals surface area contributed by atoms with Crippen molar-refractivity contribution in [2.75, 3.05) is 37.7 Å². The number of aromatic nitrogens is 1. The third kappa shape index (κ3) is 4.59. The SMILES string of the molecule is CCOc1ccc2nc(N3CCN(C(=O)NCc4ccc(F)cc4)CC3)sc2c1. The first-order valence-electron chi connectivity index (χ1n) is 9.68. The molecule has 6 nitrogen and oxygen atoms in total. The molecule has 1 aromatic heterocycles. The lowest BCUT2D eigenvalue weighted by Crippen LogP contribution is -2.51. The van der Waals surface area contributed by atoms with Crippen molar-refractivity contribution in [3.05, 3.63) is 53.8 Å². The fourth-order valence-electron chi connectivity index (χ4n) is 3.28. The fourth-order valence-corrected chi connectivity index (χ4v) is 4.32. The summed E-state index contributed by atoms with van der Waals surface area (Å²) in [6.07, 6.45) is 0. The molecule has 0 radical (unpaired) electrons. The van der Waals surface area contributed by atoms with E-state index >= 15 is 0 Å². The van der Waals surface area contributed by atoms with E-state index in [1.54, 1.807) is 28.4 Å². The van der Waals surface area contributed by atoms with Crippen molar-refractivity contribution >= 4 is 32.7 Å². The second kappa shape index (κ2) is 8.65. The van der Waals surface area contributed by atoms with Crippen LogP contribution >= 0.6 is 11.3 Å². The molecule has 0 spiro atoms. The molecule has 0 saturated carbocycles. The molecule has 1 aliphatic rings. The van der Waals surface area contributed by atoms with Gasteiger partial charge in [-0.05, 0) is 42.8 Å². The molecule has 0 unspecified atom stereocenters. The molecule has 4 rings (SSSR count). The maximum Gasteiger partial charge on any atom is 0.317 e. The van der Waals surface area contributed by atoms with Crippen molar-refractivity contribution in [1.29, 1.82) is 0 Å². The monoisotopic (exact) mass is 414 g/mol. The Balaban J connectivity index is 1.32. The highest BCUT2D eigenvalue weighted by Gasteiger charge is 2.23. The van der Waals surface area contributed by atoms with Gasteiger partial charge in [-0.15, -0.1) is 0 Å². The zero-order valence-electron chi connectivity index (χ0n) is 16.2. The van der Waals surface area contributed by atoms with Crippen molar-refractivity contribution in [2.24, 2.45) is 0 Å². The first-order valence-corrected chi connectivity index (χ1v) is 10.5. The van der Waals surface area contributed by atoms with Gasteiger partial charge in [-0.25, -0.2) is 14.2 Å². The van der Waals surface area contributed by atoms with Crippen LogP contribution in [0.15, 0.2) is 42.5 Å². The third-order valence-electron chi connectivity index (χ3n) is 4.85. The van der Waals surface area contributed by atoms with E-state index in [9.17, 15) is 9.18 Å². The van der Waals surface area contributed by atoms with Crippen LogP contribution in [0.4, 0.5) is 14.3 Å². The number of benzene rings is 2. The Labute approximate surface area is 172 Å². The Morgan fingerprint density at radius 3 is 2.66 bits per heavy atom. The summed E-state index contributed by atoms with van der Waals surface area (Å²) in [5, 5.41) is 3.87.